The first kappa shape index (κ1) is 11.2. The van der Waals surface area contributed by atoms with E-state index in [2.05, 4.69) is 37.7 Å². The van der Waals surface area contributed by atoms with Crippen LogP contribution in [0.4, 0.5) is 0 Å². The molecular formula is C6H11LiSi. The monoisotopic (exact) mass is 118 g/mol. The van der Waals surface area contributed by atoms with Crippen LogP contribution in [0.3, 0.4) is 0 Å². The van der Waals surface area contributed by atoms with Crippen molar-refractivity contribution in [2.75, 3.05) is 0 Å². The van der Waals surface area contributed by atoms with Crippen molar-refractivity contribution < 1.29 is 18.9 Å². The zero-order chi connectivity index (χ0) is 5.91. The van der Waals surface area contributed by atoms with Crippen LogP contribution >= 0.6 is 0 Å². The molecule has 0 aliphatic carbocycles. The molecule has 0 bridgehead atoms. The van der Waals surface area contributed by atoms with Gasteiger partial charge in [-0.15, -0.1) is 0 Å². The molecule has 0 heterocycles. The van der Waals surface area contributed by atoms with Crippen LogP contribution in [0.1, 0.15) is 0 Å². The zero-order valence-corrected chi connectivity index (χ0v) is 7.21. The second-order valence-electron chi connectivity index (χ2n) is 2.55. The molecule has 0 N–H and O–H groups in total. The molecule has 0 aliphatic heterocycles. The fraction of sp³-hybridized carbons (Fsp3) is 0.500. The summed E-state index contributed by atoms with van der Waals surface area (Å²) in [5.41, 5.74) is 5.73. The Balaban J connectivity index is 0. The standard InChI is InChI=1S/C6H11Si.Li/c1-5-6-7(2,3)4;/h1H2,2-4H3;/q-1;+1. The molecule has 8 heavy (non-hydrogen) atoms. The molecule has 0 radical (unpaired) electrons. The quantitative estimate of drug-likeness (QED) is 0.236. The minimum Gasteiger partial charge on any atom is -0.341 e. The van der Waals surface area contributed by atoms with Crippen LogP contribution in [0.5, 0.6) is 0 Å². The molecule has 0 saturated heterocycles. The molecular weight excluding hydrogens is 107 g/mol. The summed E-state index contributed by atoms with van der Waals surface area (Å²) in [7, 11) is -1.08. The number of rotatable bonds is 1. The molecule has 0 aromatic heterocycles. The molecule has 0 atom stereocenters. The minimum absolute atomic E-state index is 0. The van der Waals surface area contributed by atoms with E-state index in [1.807, 2.05) is 0 Å². The fourth-order valence-electron chi connectivity index (χ4n) is 0.265. The van der Waals surface area contributed by atoms with Crippen LogP contribution in [0.25, 0.3) is 0 Å². The molecule has 2 heteroatoms. The van der Waals surface area contributed by atoms with Crippen LogP contribution in [0.15, 0.2) is 12.3 Å². The van der Waals surface area contributed by atoms with E-state index in [0.717, 1.165) is 0 Å². The van der Waals surface area contributed by atoms with E-state index >= 15 is 0 Å². The Bertz CT molecular complexity index is 95.6. The third-order valence-corrected chi connectivity index (χ3v) is 1.39. The zero-order valence-electron chi connectivity index (χ0n) is 6.21. The van der Waals surface area contributed by atoms with E-state index in [-0.39, 0.29) is 18.9 Å². The third kappa shape index (κ3) is 9.59. The predicted octanol–water partition coefficient (Wildman–Crippen LogP) is -0.988. The Kier molecular flexibility index (Phi) is 5.92. The van der Waals surface area contributed by atoms with E-state index in [4.69, 9.17) is 0 Å². The van der Waals surface area contributed by atoms with Gasteiger partial charge in [0.05, 0.1) is 0 Å². The van der Waals surface area contributed by atoms with Crippen molar-refractivity contribution in [1.82, 2.24) is 0 Å². The second-order valence-corrected chi connectivity index (χ2v) is 7.30. The summed E-state index contributed by atoms with van der Waals surface area (Å²) in [6.07, 6.45) is 0. The van der Waals surface area contributed by atoms with E-state index in [9.17, 15) is 0 Å². The van der Waals surface area contributed by atoms with Crippen molar-refractivity contribution in [2.45, 2.75) is 19.6 Å². The molecule has 0 aromatic rings. The predicted molar refractivity (Wildman–Crippen MR) is 35.7 cm³/mol. The van der Waals surface area contributed by atoms with Gasteiger partial charge in [0, 0.05) is 0 Å². The van der Waals surface area contributed by atoms with Crippen LogP contribution in [-0.2, 0) is 0 Å². The van der Waals surface area contributed by atoms with Crippen LogP contribution in [0, 0.1) is 5.70 Å². The SMILES string of the molecule is C=C=[C-][Si](C)(C)C.[Li+]. The maximum Gasteiger partial charge on any atom is 1.00 e. The Morgan fingerprint density at radius 3 is 1.75 bits per heavy atom. The summed E-state index contributed by atoms with van der Waals surface area (Å²) in [6.45, 7) is 10.0. The summed E-state index contributed by atoms with van der Waals surface area (Å²) < 4.78 is 0. The maximum atomic E-state index is 3.44. The van der Waals surface area contributed by atoms with Crippen molar-refractivity contribution in [2.24, 2.45) is 0 Å². The van der Waals surface area contributed by atoms with Gasteiger partial charge in [0.15, 0.2) is 0 Å². The molecule has 40 valence electrons. The second kappa shape index (κ2) is 4.24. The number of hydrogen-bond acceptors (Lipinski definition) is 0. The average molecular weight is 118 g/mol. The van der Waals surface area contributed by atoms with Gasteiger partial charge >= 0.3 is 18.9 Å². The molecule has 0 rings (SSSR count). The van der Waals surface area contributed by atoms with Crippen molar-refractivity contribution in [3.8, 4) is 0 Å². The topological polar surface area (TPSA) is 0 Å². The largest absolute Gasteiger partial charge is 1.00 e. The number of hydrogen-bond donors (Lipinski definition) is 0. The van der Waals surface area contributed by atoms with Gasteiger partial charge in [-0.3, -0.25) is 0 Å². The van der Waals surface area contributed by atoms with Crippen LogP contribution in [0.2, 0.25) is 19.6 Å². The summed E-state index contributed by atoms with van der Waals surface area (Å²) in [5, 5.41) is 0. The summed E-state index contributed by atoms with van der Waals surface area (Å²) in [4.78, 5) is 0. The summed E-state index contributed by atoms with van der Waals surface area (Å²) in [6, 6.07) is 0. The van der Waals surface area contributed by atoms with Crippen LogP contribution in [-0.4, -0.2) is 8.07 Å². The Morgan fingerprint density at radius 1 is 1.38 bits per heavy atom. The van der Waals surface area contributed by atoms with Crippen molar-refractivity contribution in [1.29, 1.82) is 0 Å². The normalized spacial score (nSPS) is 8.88. The van der Waals surface area contributed by atoms with Crippen molar-refractivity contribution in [3.05, 3.63) is 18.0 Å². The molecule has 0 aliphatic rings. The molecule has 0 saturated carbocycles. The Labute approximate surface area is 64.9 Å². The van der Waals surface area contributed by atoms with Gasteiger partial charge in [0.2, 0.25) is 0 Å². The first-order valence-electron chi connectivity index (χ1n) is 2.35. The minimum atomic E-state index is -1.08. The molecule has 0 amide bonds. The van der Waals surface area contributed by atoms with Gasteiger partial charge < -0.3 is 5.73 Å². The summed E-state index contributed by atoms with van der Waals surface area (Å²) >= 11 is 0. The van der Waals surface area contributed by atoms with Crippen molar-refractivity contribution in [3.63, 3.8) is 0 Å². The summed E-state index contributed by atoms with van der Waals surface area (Å²) in [5.74, 6) is 0. The average Bonchev–Trinajstić information content (AvgIpc) is 1.30. The van der Waals surface area contributed by atoms with Gasteiger partial charge in [-0.2, -0.15) is 0 Å². The maximum absolute atomic E-state index is 3.44. The first-order chi connectivity index (χ1) is 3.06. The molecule has 0 aromatic carbocycles. The van der Waals surface area contributed by atoms with E-state index < -0.39 is 8.07 Å². The van der Waals surface area contributed by atoms with E-state index in [1.54, 1.807) is 0 Å². The van der Waals surface area contributed by atoms with Crippen molar-refractivity contribution >= 4 is 8.07 Å². The molecule has 0 nitrogen and oxygen atoms in total. The first-order valence-corrected chi connectivity index (χ1v) is 5.85. The Hall–Kier alpha value is 0.334. The van der Waals surface area contributed by atoms with Crippen LogP contribution < -0.4 is 18.9 Å². The smallest absolute Gasteiger partial charge is 0.341 e. The Morgan fingerprint density at radius 2 is 1.75 bits per heavy atom. The molecule has 0 unspecified atom stereocenters. The molecule has 0 spiro atoms. The van der Waals surface area contributed by atoms with E-state index in [1.165, 1.54) is 0 Å². The third-order valence-electron chi connectivity index (χ3n) is 0.463. The molecule has 0 fully saturated rings. The van der Waals surface area contributed by atoms with Gasteiger partial charge in [-0.25, -0.2) is 12.3 Å². The van der Waals surface area contributed by atoms with Gasteiger partial charge in [0.1, 0.15) is 0 Å². The van der Waals surface area contributed by atoms with E-state index in [0.29, 0.717) is 0 Å². The van der Waals surface area contributed by atoms with Gasteiger partial charge in [-0.1, -0.05) is 19.6 Å². The van der Waals surface area contributed by atoms with Gasteiger partial charge in [0.25, 0.3) is 0 Å². The fourth-order valence-corrected chi connectivity index (χ4v) is 0.795. The van der Waals surface area contributed by atoms with Gasteiger partial charge in [-0.05, 0) is 8.07 Å².